The van der Waals surface area contributed by atoms with Gasteiger partial charge in [0.1, 0.15) is 5.75 Å². The molecule has 0 unspecified atom stereocenters. The quantitative estimate of drug-likeness (QED) is 0.825. The van der Waals surface area contributed by atoms with E-state index in [1.807, 2.05) is 26.0 Å². The number of carbonyl (C=O) groups excluding carboxylic acids is 1. The van der Waals surface area contributed by atoms with Gasteiger partial charge < -0.3 is 15.0 Å². The Labute approximate surface area is 162 Å². The van der Waals surface area contributed by atoms with E-state index in [4.69, 9.17) is 4.74 Å². The van der Waals surface area contributed by atoms with Gasteiger partial charge in [0.2, 0.25) is 0 Å². The summed E-state index contributed by atoms with van der Waals surface area (Å²) < 4.78 is 5.81. The van der Waals surface area contributed by atoms with Gasteiger partial charge in [0.25, 0.3) is 5.91 Å². The lowest BCUT2D eigenvalue weighted by Crippen LogP contribution is -2.36. The summed E-state index contributed by atoms with van der Waals surface area (Å²) in [7, 11) is 0. The third-order valence-corrected chi connectivity index (χ3v) is 5.00. The minimum absolute atomic E-state index is 0.103. The fourth-order valence-electron chi connectivity index (χ4n) is 3.57. The zero-order valence-corrected chi connectivity index (χ0v) is 16.6. The molecule has 0 aromatic heterocycles. The van der Waals surface area contributed by atoms with Crippen molar-refractivity contribution in [1.29, 1.82) is 0 Å². The van der Waals surface area contributed by atoms with Gasteiger partial charge in [-0.2, -0.15) is 0 Å². The van der Waals surface area contributed by atoms with E-state index in [0.717, 1.165) is 35.5 Å². The van der Waals surface area contributed by atoms with E-state index in [-0.39, 0.29) is 5.91 Å². The van der Waals surface area contributed by atoms with Crippen molar-refractivity contribution in [1.82, 2.24) is 5.32 Å². The number of hydrogen-bond acceptors (Lipinski definition) is 3. The van der Waals surface area contributed by atoms with E-state index in [1.54, 1.807) is 6.92 Å². The lowest BCUT2D eigenvalue weighted by atomic mass is 10.1. The number of aryl methyl sites for hydroxylation is 2. The zero-order valence-electron chi connectivity index (χ0n) is 16.6. The first kappa shape index (κ1) is 19.3. The van der Waals surface area contributed by atoms with Crippen LogP contribution in [0.5, 0.6) is 5.75 Å². The third-order valence-electron chi connectivity index (χ3n) is 5.00. The lowest BCUT2D eigenvalue weighted by molar-refractivity contribution is -0.127. The van der Waals surface area contributed by atoms with Gasteiger partial charge in [-0.25, -0.2) is 0 Å². The molecule has 0 radical (unpaired) electrons. The smallest absolute Gasteiger partial charge is 0.261 e. The Morgan fingerprint density at radius 3 is 2.30 bits per heavy atom. The number of amides is 1. The second-order valence-electron chi connectivity index (χ2n) is 7.52. The van der Waals surface area contributed by atoms with Crippen LogP contribution in [0.25, 0.3) is 0 Å². The normalized spacial score (nSPS) is 15.3. The van der Waals surface area contributed by atoms with Crippen molar-refractivity contribution in [3.05, 3.63) is 59.2 Å². The minimum Gasteiger partial charge on any atom is -0.481 e. The highest BCUT2D eigenvalue weighted by molar-refractivity contribution is 5.80. The maximum Gasteiger partial charge on any atom is 0.261 e. The van der Waals surface area contributed by atoms with Crippen LogP contribution < -0.4 is 15.0 Å². The Kier molecular flexibility index (Phi) is 6.38. The van der Waals surface area contributed by atoms with Crippen LogP contribution >= 0.6 is 0 Å². The molecule has 1 aliphatic rings. The first-order chi connectivity index (χ1) is 13.0. The number of hydrogen-bond donors (Lipinski definition) is 1. The first-order valence-corrected chi connectivity index (χ1v) is 9.88. The number of anilines is 1. The number of benzene rings is 2. The van der Waals surface area contributed by atoms with Crippen molar-refractivity contribution in [2.45, 2.75) is 52.7 Å². The lowest BCUT2D eigenvalue weighted by Gasteiger charge is -2.28. The molecule has 0 aliphatic carbocycles. The van der Waals surface area contributed by atoms with Crippen molar-refractivity contribution in [3.63, 3.8) is 0 Å². The highest BCUT2D eigenvalue weighted by Crippen LogP contribution is 2.20. The second-order valence-corrected chi connectivity index (χ2v) is 7.52. The van der Waals surface area contributed by atoms with Gasteiger partial charge in [-0.3, -0.25) is 4.79 Å². The summed E-state index contributed by atoms with van der Waals surface area (Å²) in [6, 6.07) is 14.5. The van der Waals surface area contributed by atoms with E-state index in [9.17, 15) is 4.79 Å². The number of nitrogens with zero attached hydrogens (tertiary/aromatic N) is 1. The fraction of sp³-hybridized carbons (Fsp3) is 0.435. The molecule has 0 bridgehead atoms. The van der Waals surface area contributed by atoms with E-state index in [2.05, 4.69) is 40.5 Å². The van der Waals surface area contributed by atoms with Gasteiger partial charge in [0, 0.05) is 25.3 Å². The largest absolute Gasteiger partial charge is 0.481 e. The zero-order chi connectivity index (χ0) is 19.2. The Bertz CT molecular complexity index is 744. The molecule has 2 aromatic rings. The highest BCUT2D eigenvalue weighted by Gasteiger charge is 2.15. The predicted molar refractivity (Wildman–Crippen MR) is 110 cm³/mol. The monoisotopic (exact) mass is 366 g/mol. The molecule has 1 saturated heterocycles. The van der Waals surface area contributed by atoms with Crippen LogP contribution in [0, 0.1) is 13.8 Å². The van der Waals surface area contributed by atoms with E-state index in [0.29, 0.717) is 6.54 Å². The summed E-state index contributed by atoms with van der Waals surface area (Å²) in [5.41, 5.74) is 4.64. The van der Waals surface area contributed by atoms with Gasteiger partial charge in [-0.05, 0) is 81.0 Å². The van der Waals surface area contributed by atoms with Crippen molar-refractivity contribution < 1.29 is 9.53 Å². The third kappa shape index (κ3) is 5.49. The molecule has 1 atom stereocenters. The molecule has 3 rings (SSSR count). The number of rotatable bonds is 6. The number of carbonyl (C=O) groups is 1. The SMILES string of the molecule is Cc1cc(C)cc(O[C@@H](C)C(=O)NCc2ccc(N3CCCCC3)cc2)c1. The molecule has 1 N–H and O–H groups in total. The van der Waals surface area contributed by atoms with Crippen molar-refractivity contribution in [2.75, 3.05) is 18.0 Å². The van der Waals surface area contributed by atoms with Crippen molar-refractivity contribution >= 4 is 11.6 Å². The fourth-order valence-corrected chi connectivity index (χ4v) is 3.57. The summed E-state index contributed by atoms with van der Waals surface area (Å²) in [6.45, 7) is 8.63. The van der Waals surface area contributed by atoms with Crippen molar-refractivity contribution in [3.8, 4) is 5.75 Å². The summed E-state index contributed by atoms with van der Waals surface area (Å²) >= 11 is 0. The maximum atomic E-state index is 12.4. The van der Waals surface area contributed by atoms with E-state index in [1.165, 1.54) is 24.9 Å². The van der Waals surface area contributed by atoms with Crippen LogP contribution in [0.4, 0.5) is 5.69 Å². The summed E-state index contributed by atoms with van der Waals surface area (Å²) in [5.74, 6) is 0.635. The molecule has 1 heterocycles. The molecule has 1 aliphatic heterocycles. The summed E-state index contributed by atoms with van der Waals surface area (Å²) in [5, 5.41) is 2.97. The Morgan fingerprint density at radius 1 is 1.04 bits per heavy atom. The number of nitrogens with one attached hydrogen (secondary N) is 1. The molecule has 1 amide bonds. The van der Waals surface area contributed by atoms with Gasteiger partial charge in [-0.15, -0.1) is 0 Å². The van der Waals surface area contributed by atoms with E-state index >= 15 is 0 Å². The van der Waals surface area contributed by atoms with Crippen LogP contribution in [0.1, 0.15) is 42.9 Å². The molecule has 27 heavy (non-hydrogen) atoms. The van der Waals surface area contributed by atoms with Crippen LogP contribution in [0.2, 0.25) is 0 Å². The van der Waals surface area contributed by atoms with Gasteiger partial charge in [0.05, 0.1) is 0 Å². The Morgan fingerprint density at radius 2 is 1.67 bits per heavy atom. The molecule has 2 aromatic carbocycles. The maximum absolute atomic E-state index is 12.4. The molecule has 144 valence electrons. The molecule has 4 heteroatoms. The Balaban J connectivity index is 1.50. The molecule has 1 fully saturated rings. The molecule has 0 saturated carbocycles. The highest BCUT2D eigenvalue weighted by atomic mass is 16.5. The standard InChI is InChI=1S/C23H30N2O2/c1-17-13-18(2)15-22(14-17)27-19(3)23(26)24-16-20-7-9-21(10-8-20)25-11-5-4-6-12-25/h7-10,13-15,19H,4-6,11-12,16H2,1-3H3,(H,24,26)/t19-/m0/s1. The molecular formula is C23H30N2O2. The van der Waals surface area contributed by atoms with Crippen LogP contribution in [0.3, 0.4) is 0 Å². The average molecular weight is 367 g/mol. The summed E-state index contributed by atoms with van der Waals surface area (Å²) in [4.78, 5) is 14.8. The topological polar surface area (TPSA) is 41.6 Å². The molecular weight excluding hydrogens is 336 g/mol. The van der Waals surface area contributed by atoms with E-state index < -0.39 is 6.10 Å². The first-order valence-electron chi connectivity index (χ1n) is 9.88. The van der Waals surface area contributed by atoms with Gasteiger partial charge in [-0.1, -0.05) is 18.2 Å². The van der Waals surface area contributed by atoms with Crippen LogP contribution in [-0.2, 0) is 11.3 Å². The average Bonchev–Trinajstić information content (AvgIpc) is 2.66. The summed E-state index contributed by atoms with van der Waals surface area (Å²) in [6.07, 6.45) is 3.36. The molecule has 0 spiro atoms. The van der Waals surface area contributed by atoms with Gasteiger partial charge in [0.15, 0.2) is 6.10 Å². The molecule has 4 nitrogen and oxygen atoms in total. The van der Waals surface area contributed by atoms with Gasteiger partial charge >= 0.3 is 0 Å². The number of piperidine rings is 1. The van der Waals surface area contributed by atoms with Crippen LogP contribution in [0.15, 0.2) is 42.5 Å². The minimum atomic E-state index is -0.529. The van der Waals surface area contributed by atoms with Crippen LogP contribution in [-0.4, -0.2) is 25.1 Å². The Hall–Kier alpha value is -2.49. The predicted octanol–water partition coefficient (Wildman–Crippen LogP) is 4.38. The second kappa shape index (κ2) is 8.94. The number of ether oxygens (including phenoxy) is 1. The van der Waals surface area contributed by atoms with Crippen molar-refractivity contribution in [2.24, 2.45) is 0 Å².